The number of aliphatic hydroxyl groups is 1. The summed E-state index contributed by atoms with van der Waals surface area (Å²) < 4.78 is 7.54. The van der Waals surface area contributed by atoms with E-state index in [9.17, 15) is 5.11 Å². The van der Waals surface area contributed by atoms with E-state index in [2.05, 4.69) is 15.4 Å². The van der Waals surface area contributed by atoms with Crippen LogP contribution >= 0.6 is 0 Å². The van der Waals surface area contributed by atoms with Crippen LogP contribution in [0.15, 0.2) is 30.6 Å². The Kier molecular flexibility index (Phi) is 4.70. The Morgan fingerprint density at radius 3 is 3.27 bits per heavy atom. The molecule has 0 amide bonds. The highest BCUT2D eigenvalue weighted by molar-refractivity contribution is 5.27. The molecule has 2 N–H and O–H groups in total. The minimum atomic E-state index is -0.530. The van der Waals surface area contributed by atoms with Gasteiger partial charge >= 0.3 is 0 Å². The molecule has 1 aromatic heterocycles. The van der Waals surface area contributed by atoms with Gasteiger partial charge < -0.3 is 15.2 Å². The smallest absolute Gasteiger partial charge is 0.138 e. The predicted octanol–water partition coefficient (Wildman–Crippen LogP) is 0.931. The number of aromatic nitrogens is 3. The second-order valence-electron chi connectivity index (χ2n) is 5.78. The number of ether oxygens (including phenoxy) is 1. The highest BCUT2D eigenvalue weighted by Crippen LogP contribution is 2.13. The molecule has 118 valence electrons. The molecule has 1 aromatic carbocycles. The van der Waals surface area contributed by atoms with Crippen molar-refractivity contribution >= 4 is 0 Å². The molecular formula is C16H22N4O2. The topological polar surface area (TPSA) is 72.2 Å². The highest BCUT2D eigenvalue weighted by Gasteiger charge is 2.20. The SMILES string of the molecule is Cc1cccc(OC[C@H](O)CN[C@H]2CCc3ncnn3C2)c1. The van der Waals surface area contributed by atoms with Gasteiger partial charge in [0, 0.05) is 19.0 Å². The van der Waals surface area contributed by atoms with E-state index in [0.29, 0.717) is 12.6 Å². The summed E-state index contributed by atoms with van der Waals surface area (Å²) in [5.41, 5.74) is 1.15. The van der Waals surface area contributed by atoms with E-state index in [1.807, 2.05) is 35.9 Å². The van der Waals surface area contributed by atoms with Crippen molar-refractivity contribution in [3.05, 3.63) is 42.0 Å². The summed E-state index contributed by atoms with van der Waals surface area (Å²) >= 11 is 0. The van der Waals surface area contributed by atoms with Crippen LogP contribution < -0.4 is 10.1 Å². The maximum Gasteiger partial charge on any atom is 0.138 e. The number of nitrogens with one attached hydrogen (secondary N) is 1. The largest absolute Gasteiger partial charge is 0.491 e. The Morgan fingerprint density at radius 2 is 2.41 bits per heavy atom. The lowest BCUT2D eigenvalue weighted by Crippen LogP contribution is -2.42. The lowest BCUT2D eigenvalue weighted by Gasteiger charge is -2.24. The minimum Gasteiger partial charge on any atom is -0.491 e. The zero-order chi connectivity index (χ0) is 15.4. The Balaban J connectivity index is 1.40. The normalized spacial score (nSPS) is 18.7. The quantitative estimate of drug-likeness (QED) is 0.830. The molecule has 0 bridgehead atoms. The third-order valence-electron chi connectivity index (χ3n) is 3.88. The second kappa shape index (κ2) is 6.89. The van der Waals surface area contributed by atoms with Crippen LogP contribution in [-0.2, 0) is 13.0 Å². The lowest BCUT2D eigenvalue weighted by molar-refractivity contribution is 0.101. The molecular weight excluding hydrogens is 280 g/mol. The molecule has 0 unspecified atom stereocenters. The molecule has 1 aliphatic heterocycles. The van der Waals surface area contributed by atoms with Crippen LogP contribution in [0.1, 0.15) is 17.8 Å². The summed E-state index contributed by atoms with van der Waals surface area (Å²) in [6.45, 7) is 3.63. The molecule has 2 heterocycles. The summed E-state index contributed by atoms with van der Waals surface area (Å²) in [6, 6.07) is 8.16. The first-order valence-electron chi connectivity index (χ1n) is 7.68. The zero-order valence-electron chi connectivity index (χ0n) is 12.8. The molecule has 3 rings (SSSR count). The fourth-order valence-electron chi connectivity index (χ4n) is 2.66. The summed E-state index contributed by atoms with van der Waals surface area (Å²) in [7, 11) is 0. The molecule has 2 atom stereocenters. The Bertz CT molecular complexity index is 614. The average molecular weight is 302 g/mol. The van der Waals surface area contributed by atoms with Crippen molar-refractivity contribution in [3.63, 3.8) is 0 Å². The van der Waals surface area contributed by atoms with Crippen LogP contribution in [-0.4, -0.2) is 45.2 Å². The standard InChI is InChI=1S/C16H22N4O2/c1-12-3-2-4-15(7-12)22-10-14(21)8-17-13-5-6-16-18-11-19-20(16)9-13/h2-4,7,11,13-14,17,21H,5-6,8-10H2,1H3/t13-,14+/m0/s1. The van der Waals surface area contributed by atoms with E-state index in [1.54, 1.807) is 6.33 Å². The Morgan fingerprint density at radius 1 is 1.50 bits per heavy atom. The fourth-order valence-corrected chi connectivity index (χ4v) is 2.66. The van der Waals surface area contributed by atoms with E-state index in [-0.39, 0.29) is 6.61 Å². The van der Waals surface area contributed by atoms with E-state index in [4.69, 9.17) is 4.74 Å². The number of aryl methyl sites for hydroxylation is 2. The summed E-state index contributed by atoms with van der Waals surface area (Å²) in [6.07, 6.45) is 3.01. The van der Waals surface area contributed by atoms with Gasteiger partial charge in [0.1, 0.15) is 30.6 Å². The number of nitrogens with zero attached hydrogens (tertiary/aromatic N) is 3. The first-order chi connectivity index (χ1) is 10.7. The van der Waals surface area contributed by atoms with Gasteiger partial charge in [0.05, 0.1) is 6.54 Å². The summed E-state index contributed by atoms with van der Waals surface area (Å²) in [5, 5.41) is 17.6. The Hall–Kier alpha value is -1.92. The lowest BCUT2D eigenvalue weighted by atomic mass is 10.1. The molecule has 22 heavy (non-hydrogen) atoms. The van der Waals surface area contributed by atoms with Gasteiger partial charge in [-0.3, -0.25) is 0 Å². The molecule has 0 saturated heterocycles. The molecule has 6 nitrogen and oxygen atoms in total. The fraction of sp³-hybridized carbons (Fsp3) is 0.500. The molecule has 0 spiro atoms. The summed E-state index contributed by atoms with van der Waals surface area (Å²) in [5.74, 6) is 1.84. The maximum absolute atomic E-state index is 10.0. The number of hydrogen-bond acceptors (Lipinski definition) is 5. The molecule has 0 radical (unpaired) electrons. The molecule has 6 heteroatoms. The number of rotatable bonds is 6. The Labute approximate surface area is 130 Å². The number of hydrogen-bond donors (Lipinski definition) is 2. The average Bonchev–Trinajstić information content (AvgIpc) is 2.98. The van der Waals surface area contributed by atoms with Crippen molar-refractivity contribution in [2.75, 3.05) is 13.2 Å². The van der Waals surface area contributed by atoms with Crippen LogP contribution in [0.3, 0.4) is 0 Å². The highest BCUT2D eigenvalue weighted by atomic mass is 16.5. The number of aliphatic hydroxyl groups excluding tert-OH is 1. The van der Waals surface area contributed by atoms with Crippen LogP contribution in [0.5, 0.6) is 5.75 Å². The van der Waals surface area contributed by atoms with Crippen LogP contribution in [0.2, 0.25) is 0 Å². The van der Waals surface area contributed by atoms with E-state index < -0.39 is 6.10 Å². The predicted molar refractivity (Wildman–Crippen MR) is 82.8 cm³/mol. The van der Waals surface area contributed by atoms with Gasteiger partial charge in [-0.05, 0) is 31.0 Å². The molecule has 0 fully saturated rings. The number of fused-ring (bicyclic) bond motifs is 1. The van der Waals surface area contributed by atoms with Crippen molar-refractivity contribution in [3.8, 4) is 5.75 Å². The van der Waals surface area contributed by atoms with Crippen molar-refractivity contribution in [1.29, 1.82) is 0 Å². The van der Waals surface area contributed by atoms with E-state index in [1.165, 1.54) is 0 Å². The van der Waals surface area contributed by atoms with Gasteiger partial charge in [-0.15, -0.1) is 0 Å². The van der Waals surface area contributed by atoms with Crippen molar-refractivity contribution < 1.29 is 9.84 Å². The van der Waals surface area contributed by atoms with Gasteiger partial charge in [-0.2, -0.15) is 5.10 Å². The zero-order valence-corrected chi connectivity index (χ0v) is 12.8. The summed E-state index contributed by atoms with van der Waals surface area (Å²) in [4.78, 5) is 4.21. The van der Waals surface area contributed by atoms with Gasteiger partial charge in [0.2, 0.25) is 0 Å². The molecule has 2 aromatic rings. The first-order valence-corrected chi connectivity index (χ1v) is 7.68. The number of benzene rings is 1. The van der Waals surface area contributed by atoms with E-state index in [0.717, 1.165) is 36.5 Å². The third kappa shape index (κ3) is 3.84. The van der Waals surface area contributed by atoms with E-state index >= 15 is 0 Å². The van der Waals surface area contributed by atoms with Crippen molar-refractivity contribution in [2.24, 2.45) is 0 Å². The minimum absolute atomic E-state index is 0.289. The first kappa shape index (κ1) is 15.0. The van der Waals surface area contributed by atoms with Crippen LogP contribution in [0.25, 0.3) is 0 Å². The maximum atomic E-state index is 10.0. The van der Waals surface area contributed by atoms with Crippen LogP contribution in [0, 0.1) is 6.92 Å². The molecule has 0 aliphatic carbocycles. The molecule has 1 aliphatic rings. The van der Waals surface area contributed by atoms with Crippen LogP contribution in [0.4, 0.5) is 0 Å². The monoisotopic (exact) mass is 302 g/mol. The van der Waals surface area contributed by atoms with Gasteiger partial charge in [-0.1, -0.05) is 12.1 Å². The second-order valence-corrected chi connectivity index (χ2v) is 5.78. The van der Waals surface area contributed by atoms with Crippen molar-refractivity contribution in [2.45, 2.75) is 38.5 Å². The van der Waals surface area contributed by atoms with Gasteiger partial charge in [-0.25, -0.2) is 9.67 Å². The van der Waals surface area contributed by atoms with Gasteiger partial charge in [0.25, 0.3) is 0 Å². The van der Waals surface area contributed by atoms with Crippen molar-refractivity contribution in [1.82, 2.24) is 20.1 Å². The third-order valence-corrected chi connectivity index (χ3v) is 3.88. The van der Waals surface area contributed by atoms with Gasteiger partial charge in [0.15, 0.2) is 0 Å². The molecule has 0 saturated carbocycles.